The maximum absolute atomic E-state index is 13.0. The van der Waals surface area contributed by atoms with Crippen LogP contribution in [0.4, 0.5) is 4.79 Å². The van der Waals surface area contributed by atoms with Gasteiger partial charge in [-0.05, 0) is 38.3 Å². The predicted octanol–water partition coefficient (Wildman–Crippen LogP) is 1.73. The molecule has 1 aromatic heterocycles. The van der Waals surface area contributed by atoms with Crippen molar-refractivity contribution >= 4 is 28.8 Å². The summed E-state index contributed by atoms with van der Waals surface area (Å²) in [7, 11) is 0. The standard InChI is InChI=1S/C21H31N5O4/c1-12(2)17(19(28)26-22)25-18(27)16(24-20(29)30-21(3,4)5)10-13-11-23-15-9-7-6-8-14(13)15/h6-9,11-12,16-17,23H,10,22H2,1-5H3,(H,24,29)(H,25,27)(H,26,28)/t16-,17-/m0/s1. The van der Waals surface area contributed by atoms with Crippen LogP contribution in [0.1, 0.15) is 40.2 Å². The number of rotatable bonds is 7. The molecule has 164 valence electrons. The Morgan fingerprint density at radius 2 is 1.77 bits per heavy atom. The van der Waals surface area contributed by atoms with Gasteiger partial charge in [0.2, 0.25) is 5.91 Å². The Hall–Kier alpha value is -3.07. The molecule has 0 unspecified atom stereocenters. The summed E-state index contributed by atoms with van der Waals surface area (Å²) in [5.41, 5.74) is 3.12. The van der Waals surface area contributed by atoms with Crippen molar-refractivity contribution in [2.75, 3.05) is 0 Å². The van der Waals surface area contributed by atoms with Crippen LogP contribution in [-0.4, -0.2) is 40.6 Å². The number of amides is 3. The number of carbonyl (C=O) groups is 3. The molecule has 0 spiro atoms. The molecule has 0 saturated carbocycles. The maximum atomic E-state index is 13.0. The summed E-state index contributed by atoms with van der Waals surface area (Å²) >= 11 is 0. The second-order valence-electron chi connectivity index (χ2n) is 8.50. The molecule has 30 heavy (non-hydrogen) atoms. The first-order chi connectivity index (χ1) is 14.0. The molecule has 0 aliphatic heterocycles. The van der Waals surface area contributed by atoms with Crippen LogP contribution >= 0.6 is 0 Å². The number of H-pyrrole nitrogens is 1. The highest BCUT2D eigenvalue weighted by molar-refractivity contribution is 5.92. The fourth-order valence-corrected chi connectivity index (χ4v) is 3.06. The third-order valence-corrected chi connectivity index (χ3v) is 4.50. The van der Waals surface area contributed by atoms with Crippen LogP contribution in [-0.2, 0) is 20.7 Å². The van der Waals surface area contributed by atoms with Gasteiger partial charge in [0.25, 0.3) is 5.91 Å². The Bertz CT molecular complexity index is 900. The number of carbonyl (C=O) groups excluding carboxylic acids is 3. The van der Waals surface area contributed by atoms with Crippen molar-refractivity contribution in [3.8, 4) is 0 Å². The smallest absolute Gasteiger partial charge is 0.408 e. The molecule has 0 saturated heterocycles. The summed E-state index contributed by atoms with van der Waals surface area (Å²) in [4.78, 5) is 40.6. The van der Waals surface area contributed by atoms with Crippen molar-refractivity contribution in [3.63, 3.8) is 0 Å². The largest absolute Gasteiger partial charge is 0.444 e. The third kappa shape index (κ3) is 6.21. The van der Waals surface area contributed by atoms with E-state index >= 15 is 0 Å². The van der Waals surface area contributed by atoms with Gasteiger partial charge in [-0.15, -0.1) is 0 Å². The fourth-order valence-electron chi connectivity index (χ4n) is 3.06. The predicted molar refractivity (Wildman–Crippen MR) is 114 cm³/mol. The molecule has 0 radical (unpaired) electrons. The van der Waals surface area contributed by atoms with E-state index in [9.17, 15) is 14.4 Å². The highest BCUT2D eigenvalue weighted by atomic mass is 16.6. The van der Waals surface area contributed by atoms with E-state index < -0.39 is 35.6 Å². The number of hydrogen-bond acceptors (Lipinski definition) is 5. The summed E-state index contributed by atoms with van der Waals surface area (Å²) in [6.07, 6.45) is 1.30. The normalized spacial score (nSPS) is 13.6. The highest BCUT2D eigenvalue weighted by Gasteiger charge is 2.30. The van der Waals surface area contributed by atoms with Crippen molar-refractivity contribution in [1.29, 1.82) is 0 Å². The molecule has 1 aromatic carbocycles. The minimum atomic E-state index is -0.953. The number of hydrogen-bond donors (Lipinski definition) is 5. The third-order valence-electron chi connectivity index (χ3n) is 4.50. The van der Waals surface area contributed by atoms with Gasteiger partial charge < -0.3 is 20.4 Å². The maximum Gasteiger partial charge on any atom is 0.408 e. The van der Waals surface area contributed by atoms with E-state index in [1.807, 2.05) is 24.3 Å². The zero-order valence-electron chi connectivity index (χ0n) is 18.0. The van der Waals surface area contributed by atoms with Gasteiger partial charge in [-0.1, -0.05) is 32.0 Å². The van der Waals surface area contributed by atoms with E-state index in [4.69, 9.17) is 10.6 Å². The Balaban J connectivity index is 2.26. The van der Waals surface area contributed by atoms with E-state index in [0.29, 0.717) is 0 Å². The molecule has 1 heterocycles. The molecule has 0 bridgehead atoms. The van der Waals surface area contributed by atoms with Crippen LogP contribution in [0.15, 0.2) is 30.5 Å². The second-order valence-corrected chi connectivity index (χ2v) is 8.50. The number of para-hydroxylation sites is 1. The van der Waals surface area contributed by atoms with E-state index in [-0.39, 0.29) is 12.3 Å². The summed E-state index contributed by atoms with van der Waals surface area (Å²) in [6.45, 7) is 8.79. The fraction of sp³-hybridized carbons (Fsp3) is 0.476. The van der Waals surface area contributed by atoms with Crippen LogP contribution < -0.4 is 21.9 Å². The molecular formula is C21H31N5O4. The molecule has 9 nitrogen and oxygen atoms in total. The monoisotopic (exact) mass is 417 g/mol. The van der Waals surface area contributed by atoms with Gasteiger partial charge in [0.05, 0.1) is 0 Å². The lowest BCUT2D eigenvalue weighted by atomic mass is 10.0. The average molecular weight is 418 g/mol. The second kappa shape index (κ2) is 9.62. The topological polar surface area (TPSA) is 138 Å². The molecule has 3 amide bonds. The van der Waals surface area contributed by atoms with E-state index in [0.717, 1.165) is 16.5 Å². The molecule has 9 heteroatoms. The van der Waals surface area contributed by atoms with Crippen LogP contribution in [0.25, 0.3) is 10.9 Å². The number of hydrazine groups is 1. The number of nitrogens with one attached hydrogen (secondary N) is 4. The Labute approximate surface area is 176 Å². The van der Waals surface area contributed by atoms with Gasteiger partial charge in [0.1, 0.15) is 17.7 Å². The molecule has 2 rings (SSSR count). The summed E-state index contributed by atoms with van der Waals surface area (Å²) in [5.74, 6) is 4.02. The van der Waals surface area contributed by atoms with Gasteiger partial charge in [0.15, 0.2) is 0 Å². The van der Waals surface area contributed by atoms with Crippen molar-refractivity contribution in [2.45, 2.75) is 58.7 Å². The number of aromatic nitrogens is 1. The van der Waals surface area contributed by atoms with Gasteiger partial charge in [-0.3, -0.25) is 15.0 Å². The van der Waals surface area contributed by atoms with Crippen LogP contribution in [0.2, 0.25) is 0 Å². The summed E-state index contributed by atoms with van der Waals surface area (Å²) < 4.78 is 5.31. The molecular weight excluding hydrogens is 386 g/mol. The zero-order valence-corrected chi connectivity index (χ0v) is 18.0. The Morgan fingerprint density at radius 3 is 2.37 bits per heavy atom. The van der Waals surface area contributed by atoms with Crippen LogP contribution in [0, 0.1) is 5.92 Å². The first kappa shape index (κ1) is 23.2. The van der Waals surface area contributed by atoms with Gasteiger partial charge in [-0.2, -0.15) is 0 Å². The lowest BCUT2D eigenvalue weighted by molar-refractivity contribution is -0.131. The zero-order chi connectivity index (χ0) is 22.5. The minimum Gasteiger partial charge on any atom is -0.444 e. The molecule has 0 fully saturated rings. The Morgan fingerprint density at radius 1 is 1.10 bits per heavy atom. The number of alkyl carbamates (subject to hydrolysis) is 1. The number of ether oxygens (including phenoxy) is 1. The molecule has 2 atom stereocenters. The SMILES string of the molecule is CC(C)[C@H](NC(=O)[C@H](Cc1c[nH]c2ccccc12)NC(=O)OC(C)(C)C)C(=O)NN. The first-order valence-corrected chi connectivity index (χ1v) is 9.87. The van der Waals surface area contributed by atoms with E-state index in [1.165, 1.54) is 0 Å². The molecule has 6 N–H and O–H groups in total. The molecule has 2 aromatic rings. The van der Waals surface area contributed by atoms with Crippen LogP contribution in [0.3, 0.4) is 0 Å². The average Bonchev–Trinajstić information content (AvgIpc) is 3.06. The Kier molecular flexibility index (Phi) is 7.44. The lowest BCUT2D eigenvalue weighted by Crippen LogP contribution is -2.57. The van der Waals surface area contributed by atoms with Crippen molar-refractivity contribution in [3.05, 3.63) is 36.0 Å². The van der Waals surface area contributed by atoms with Crippen molar-refractivity contribution in [2.24, 2.45) is 11.8 Å². The highest BCUT2D eigenvalue weighted by Crippen LogP contribution is 2.19. The van der Waals surface area contributed by atoms with Gasteiger partial charge in [0, 0.05) is 23.5 Å². The number of benzene rings is 1. The number of aromatic amines is 1. The lowest BCUT2D eigenvalue weighted by Gasteiger charge is -2.26. The van der Waals surface area contributed by atoms with Gasteiger partial charge in [-0.25, -0.2) is 10.6 Å². The van der Waals surface area contributed by atoms with E-state index in [2.05, 4.69) is 21.0 Å². The minimum absolute atomic E-state index is 0.201. The van der Waals surface area contributed by atoms with Crippen molar-refractivity contribution < 1.29 is 19.1 Å². The molecule has 0 aliphatic carbocycles. The van der Waals surface area contributed by atoms with E-state index in [1.54, 1.807) is 40.8 Å². The summed E-state index contributed by atoms with van der Waals surface area (Å²) in [5, 5.41) is 6.26. The summed E-state index contributed by atoms with van der Waals surface area (Å²) in [6, 6.07) is 5.87. The van der Waals surface area contributed by atoms with Crippen LogP contribution in [0.5, 0.6) is 0 Å². The number of nitrogens with two attached hydrogens (primary N) is 1. The molecule has 0 aliphatic rings. The first-order valence-electron chi connectivity index (χ1n) is 9.87. The van der Waals surface area contributed by atoms with Crippen molar-refractivity contribution in [1.82, 2.24) is 21.0 Å². The van der Waals surface area contributed by atoms with Gasteiger partial charge >= 0.3 is 6.09 Å². The quantitative estimate of drug-likeness (QED) is 0.265. The number of fused-ring (bicyclic) bond motifs is 1.